The van der Waals surface area contributed by atoms with Crippen LogP contribution in [0.1, 0.15) is 72.6 Å². The lowest BCUT2D eigenvalue weighted by molar-refractivity contribution is 0.428. The van der Waals surface area contributed by atoms with Gasteiger partial charge in [-0.1, -0.05) is 154 Å². The van der Waals surface area contributed by atoms with E-state index >= 15 is 0 Å². The molecule has 1 aliphatic rings. The van der Waals surface area contributed by atoms with Crippen LogP contribution in [0, 0.1) is 12.8 Å². The highest BCUT2D eigenvalue weighted by molar-refractivity contribution is 5.90. The van der Waals surface area contributed by atoms with Crippen LogP contribution in [-0.2, 0) is 31.1 Å². The standard InChI is InChI=1S/C57H55N/c1-39(2)38-57(4,53-27-23-49-34-47(19-21-51(49)36-53)43-14-9-40(3)10-15-43)54-28-24-50-35-48(20-22-52(50)37-54)45-25-31-56(32-26-45)58(5)55-29-12-41(13-30-55)7-6-8-42-11-16-44-17-18-46(44)33-42/h9-16,19-37,39H,6-8,17-18,38H2,1-5H3. The monoisotopic (exact) mass is 753 g/mol. The molecule has 8 aromatic carbocycles. The molecule has 1 heteroatoms. The highest BCUT2D eigenvalue weighted by Crippen LogP contribution is 2.41. The number of benzene rings is 8. The largest absolute Gasteiger partial charge is 0.345 e. The number of nitrogens with zero attached hydrogens (tertiary/aromatic N) is 1. The van der Waals surface area contributed by atoms with Crippen molar-refractivity contribution in [2.45, 2.75) is 71.6 Å². The molecular formula is C57H55N. The molecule has 0 heterocycles. The maximum atomic E-state index is 2.44. The normalized spacial score (nSPS) is 13.3. The number of rotatable bonds is 12. The van der Waals surface area contributed by atoms with E-state index in [4.69, 9.17) is 0 Å². The molecule has 1 aliphatic carbocycles. The van der Waals surface area contributed by atoms with E-state index in [2.05, 4.69) is 203 Å². The summed E-state index contributed by atoms with van der Waals surface area (Å²) in [6.45, 7) is 9.27. The molecule has 9 rings (SSSR count). The Labute approximate surface area is 346 Å². The summed E-state index contributed by atoms with van der Waals surface area (Å²) in [5.41, 5.74) is 17.3. The second-order valence-corrected chi connectivity index (χ2v) is 17.6. The first-order valence-electron chi connectivity index (χ1n) is 21.4. The van der Waals surface area contributed by atoms with Crippen LogP contribution in [0.2, 0.25) is 0 Å². The van der Waals surface area contributed by atoms with E-state index in [1.54, 1.807) is 11.1 Å². The van der Waals surface area contributed by atoms with Crippen LogP contribution in [0.3, 0.4) is 0 Å². The van der Waals surface area contributed by atoms with Gasteiger partial charge in [-0.05, 0) is 165 Å². The zero-order valence-electron chi connectivity index (χ0n) is 34.9. The van der Waals surface area contributed by atoms with Gasteiger partial charge in [-0.25, -0.2) is 0 Å². The van der Waals surface area contributed by atoms with E-state index in [9.17, 15) is 0 Å². The molecular weight excluding hydrogens is 699 g/mol. The third-order valence-electron chi connectivity index (χ3n) is 12.9. The summed E-state index contributed by atoms with van der Waals surface area (Å²) in [4.78, 5) is 2.28. The average molecular weight is 754 g/mol. The molecule has 0 N–H and O–H groups in total. The Bertz CT molecular complexity index is 2720. The van der Waals surface area contributed by atoms with Crippen LogP contribution in [0.25, 0.3) is 43.8 Å². The maximum Gasteiger partial charge on any atom is 0.0408 e. The van der Waals surface area contributed by atoms with Gasteiger partial charge in [0.05, 0.1) is 0 Å². The zero-order chi connectivity index (χ0) is 39.8. The van der Waals surface area contributed by atoms with E-state index in [1.165, 1.54) is 102 Å². The van der Waals surface area contributed by atoms with Gasteiger partial charge in [0.15, 0.2) is 0 Å². The van der Waals surface area contributed by atoms with Crippen molar-refractivity contribution in [2.75, 3.05) is 11.9 Å². The van der Waals surface area contributed by atoms with E-state index in [-0.39, 0.29) is 5.41 Å². The molecule has 0 aromatic heterocycles. The predicted molar refractivity (Wildman–Crippen MR) is 250 cm³/mol. The minimum atomic E-state index is -0.115. The van der Waals surface area contributed by atoms with Gasteiger partial charge in [0.1, 0.15) is 0 Å². The van der Waals surface area contributed by atoms with Crippen molar-refractivity contribution in [3.8, 4) is 22.3 Å². The topological polar surface area (TPSA) is 3.24 Å². The Balaban J connectivity index is 0.891. The molecule has 1 atom stereocenters. The fraction of sp³-hybridized carbons (Fsp3) is 0.228. The van der Waals surface area contributed by atoms with Crippen molar-refractivity contribution in [1.82, 2.24) is 0 Å². The SMILES string of the molecule is Cc1ccc(-c2ccc3cc(C(C)(CC(C)C)c4ccc5cc(-c6ccc(N(C)c7ccc(CCCc8ccc9c(c8)CC9)cc7)cc6)ccc5c4)ccc3c2)cc1. The molecule has 0 fully saturated rings. The predicted octanol–water partition coefficient (Wildman–Crippen LogP) is 15.0. The second kappa shape index (κ2) is 15.8. The second-order valence-electron chi connectivity index (χ2n) is 17.6. The van der Waals surface area contributed by atoms with Crippen LogP contribution >= 0.6 is 0 Å². The Kier molecular flexibility index (Phi) is 10.2. The van der Waals surface area contributed by atoms with Gasteiger partial charge in [-0.15, -0.1) is 0 Å². The minimum absolute atomic E-state index is 0.115. The van der Waals surface area contributed by atoms with Crippen molar-refractivity contribution in [2.24, 2.45) is 5.92 Å². The van der Waals surface area contributed by atoms with Gasteiger partial charge < -0.3 is 4.90 Å². The van der Waals surface area contributed by atoms with Crippen molar-refractivity contribution < 1.29 is 0 Å². The summed E-state index contributed by atoms with van der Waals surface area (Å²) >= 11 is 0. The summed E-state index contributed by atoms with van der Waals surface area (Å²) in [6, 6.07) is 62.1. The molecule has 8 aromatic rings. The summed E-state index contributed by atoms with van der Waals surface area (Å²) in [5, 5.41) is 5.13. The minimum Gasteiger partial charge on any atom is -0.345 e. The van der Waals surface area contributed by atoms with Gasteiger partial charge >= 0.3 is 0 Å². The summed E-state index contributed by atoms with van der Waals surface area (Å²) < 4.78 is 0. The van der Waals surface area contributed by atoms with Crippen LogP contribution in [0.4, 0.5) is 11.4 Å². The zero-order valence-corrected chi connectivity index (χ0v) is 34.9. The summed E-state index contributed by atoms with van der Waals surface area (Å²) in [7, 11) is 2.16. The van der Waals surface area contributed by atoms with Crippen LogP contribution < -0.4 is 4.90 Å². The lowest BCUT2D eigenvalue weighted by Gasteiger charge is -2.33. The van der Waals surface area contributed by atoms with Gasteiger partial charge in [-0.3, -0.25) is 0 Å². The van der Waals surface area contributed by atoms with Crippen molar-refractivity contribution in [3.05, 3.63) is 203 Å². The molecule has 0 saturated carbocycles. The number of aryl methyl sites for hydroxylation is 5. The molecule has 0 radical (unpaired) electrons. The first-order valence-corrected chi connectivity index (χ1v) is 21.4. The van der Waals surface area contributed by atoms with Crippen LogP contribution in [0.5, 0.6) is 0 Å². The van der Waals surface area contributed by atoms with Gasteiger partial charge in [-0.2, -0.15) is 0 Å². The molecule has 1 unspecified atom stereocenters. The highest BCUT2D eigenvalue weighted by Gasteiger charge is 2.30. The lowest BCUT2D eigenvalue weighted by Crippen LogP contribution is -2.25. The fourth-order valence-corrected chi connectivity index (χ4v) is 9.32. The smallest absolute Gasteiger partial charge is 0.0408 e. The number of hydrogen-bond acceptors (Lipinski definition) is 1. The van der Waals surface area contributed by atoms with Gasteiger partial charge in [0.2, 0.25) is 0 Å². The van der Waals surface area contributed by atoms with Crippen molar-refractivity contribution >= 4 is 32.9 Å². The van der Waals surface area contributed by atoms with E-state index < -0.39 is 0 Å². The van der Waals surface area contributed by atoms with Crippen LogP contribution in [0.15, 0.2) is 164 Å². The number of fused-ring (bicyclic) bond motifs is 3. The molecule has 1 nitrogen and oxygen atoms in total. The molecule has 58 heavy (non-hydrogen) atoms. The molecule has 0 bridgehead atoms. The maximum absolute atomic E-state index is 2.44. The summed E-state index contributed by atoms with van der Waals surface area (Å²) in [6.07, 6.45) is 7.04. The van der Waals surface area contributed by atoms with Crippen molar-refractivity contribution in [3.63, 3.8) is 0 Å². The Morgan fingerprint density at radius 3 is 1.48 bits per heavy atom. The van der Waals surface area contributed by atoms with Gasteiger partial charge in [0.25, 0.3) is 0 Å². The van der Waals surface area contributed by atoms with Crippen molar-refractivity contribution in [1.29, 1.82) is 0 Å². The Morgan fingerprint density at radius 1 is 0.483 bits per heavy atom. The fourth-order valence-electron chi connectivity index (χ4n) is 9.32. The first-order chi connectivity index (χ1) is 28.2. The number of anilines is 2. The van der Waals surface area contributed by atoms with E-state index in [1.807, 2.05) is 0 Å². The van der Waals surface area contributed by atoms with E-state index in [0.29, 0.717) is 5.92 Å². The Morgan fingerprint density at radius 2 is 0.948 bits per heavy atom. The van der Waals surface area contributed by atoms with E-state index in [0.717, 1.165) is 19.3 Å². The third kappa shape index (κ3) is 7.71. The first kappa shape index (κ1) is 37.6. The molecule has 288 valence electrons. The molecule has 0 saturated heterocycles. The quantitative estimate of drug-likeness (QED) is 0.120. The Hall–Kier alpha value is -5.92. The lowest BCUT2D eigenvalue weighted by atomic mass is 9.70. The molecule has 0 aliphatic heterocycles. The number of hydrogen-bond donors (Lipinski definition) is 0. The molecule has 0 amide bonds. The van der Waals surface area contributed by atoms with Gasteiger partial charge in [0, 0.05) is 23.8 Å². The van der Waals surface area contributed by atoms with Crippen LogP contribution in [-0.4, -0.2) is 7.05 Å². The highest BCUT2D eigenvalue weighted by atomic mass is 15.1. The third-order valence-corrected chi connectivity index (χ3v) is 12.9. The average Bonchev–Trinajstić information content (AvgIpc) is 3.24. The summed E-state index contributed by atoms with van der Waals surface area (Å²) in [5.74, 6) is 0.551. The molecule has 0 spiro atoms.